The summed E-state index contributed by atoms with van der Waals surface area (Å²) in [6, 6.07) is 4.44. The predicted molar refractivity (Wildman–Crippen MR) is 64.4 cm³/mol. The van der Waals surface area contributed by atoms with Crippen LogP contribution in [-0.4, -0.2) is 30.8 Å². The quantitative estimate of drug-likeness (QED) is 0.807. The molecule has 1 aromatic rings. The highest BCUT2D eigenvalue weighted by atomic mass is 16.5. The van der Waals surface area contributed by atoms with E-state index < -0.39 is 5.97 Å². The maximum absolute atomic E-state index is 11.5. The van der Waals surface area contributed by atoms with E-state index in [1.807, 2.05) is 0 Å². The molecule has 1 rings (SSSR count). The highest BCUT2D eigenvalue weighted by molar-refractivity contribution is 5.90. The fraction of sp³-hybridized carbons (Fsp3) is 0.385. The van der Waals surface area contributed by atoms with Gasteiger partial charge in [0.15, 0.2) is 0 Å². The van der Waals surface area contributed by atoms with Gasteiger partial charge in [-0.2, -0.15) is 0 Å². The number of aryl methyl sites for hydroxylation is 1. The zero-order valence-electron chi connectivity index (χ0n) is 10.4. The maximum atomic E-state index is 11.5. The van der Waals surface area contributed by atoms with Gasteiger partial charge in [-0.3, -0.25) is 4.79 Å². The van der Waals surface area contributed by atoms with Crippen molar-refractivity contribution in [3.05, 3.63) is 29.3 Å². The van der Waals surface area contributed by atoms with Crippen LogP contribution >= 0.6 is 0 Å². The van der Waals surface area contributed by atoms with Gasteiger partial charge in [-0.15, -0.1) is 0 Å². The first kappa shape index (κ1) is 14.0. The third-order valence-corrected chi connectivity index (χ3v) is 2.33. The number of benzene rings is 1. The lowest BCUT2D eigenvalue weighted by Crippen LogP contribution is -2.06. The van der Waals surface area contributed by atoms with Gasteiger partial charge in [-0.25, -0.2) is 4.79 Å². The van der Waals surface area contributed by atoms with Gasteiger partial charge in [-0.05, 0) is 37.1 Å². The van der Waals surface area contributed by atoms with E-state index in [9.17, 15) is 14.7 Å². The van der Waals surface area contributed by atoms with E-state index in [0.717, 1.165) is 0 Å². The molecule has 1 N–H and O–H groups in total. The molecule has 0 heterocycles. The number of aromatic hydroxyl groups is 1. The van der Waals surface area contributed by atoms with Crippen molar-refractivity contribution in [2.24, 2.45) is 0 Å². The van der Waals surface area contributed by atoms with E-state index in [4.69, 9.17) is 4.74 Å². The van der Waals surface area contributed by atoms with E-state index in [2.05, 4.69) is 4.74 Å². The number of hydrogen-bond acceptors (Lipinski definition) is 5. The summed E-state index contributed by atoms with van der Waals surface area (Å²) in [6.07, 6.45) is 0.593. The normalized spacial score (nSPS) is 9.89. The van der Waals surface area contributed by atoms with Gasteiger partial charge in [0, 0.05) is 6.42 Å². The Morgan fingerprint density at radius 1 is 1.28 bits per heavy atom. The molecular formula is C13H16O5. The molecule has 0 aliphatic carbocycles. The number of hydrogen-bond donors (Lipinski definition) is 1. The van der Waals surface area contributed by atoms with Crippen LogP contribution in [0.1, 0.15) is 29.3 Å². The summed E-state index contributed by atoms with van der Waals surface area (Å²) in [5, 5.41) is 9.51. The Hall–Kier alpha value is -2.04. The Bertz CT molecular complexity index is 439. The molecule has 0 saturated carbocycles. The van der Waals surface area contributed by atoms with Crippen LogP contribution in [0.15, 0.2) is 18.2 Å². The average Bonchev–Trinajstić information content (AvgIpc) is 2.35. The van der Waals surface area contributed by atoms with Crippen LogP contribution in [0.5, 0.6) is 5.75 Å². The second-order valence-electron chi connectivity index (χ2n) is 3.68. The zero-order valence-corrected chi connectivity index (χ0v) is 10.4. The maximum Gasteiger partial charge on any atom is 0.338 e. The molecular weight excluding hydrogens is 236 g/mol. The molecule has 0 spiro atoms. The topological polar surface area (TPSA) is 72.8 Å². The molecule has 0 radical (unpaired) electrons. The Balaban J connectivity index is 2.80. The van der Waals surface area contributed by atoms with Crippen molar-refractivity contribution >= 4 is 11.9 Å². The zero-order chi connectivity index (χ0) is 13.5. The fourth-order valence-corrected chi connectivity index (χ4v) is 1.50. The summed E-state index contributed by atoms with van der Waals surface area (Å²) in [5.41, 5.74) is 0.958. The standard InChI is InChI=1S/C13H16O5/c1-3-18-13(16)10-6-9(7-11(14)8-10)4-5-12(15)17-2/h6-8,14H,3-5H2,1-2H3. The molecule has 0 aromatic heterocycles. The number of rotatable bonds is 5. The van der Waals surface area contributed by atoms with E-state index >= 15 is 0 Å². The summed E-state index contributed by atoms with van der Waals surface area (Å²) >= 11 is 0. The molecule has 5 heteroatoms. The largest absolute Gasteiger partial charge is 0.508 e. The van der Waals surface area contributed by atoms with Crippen molar-refractivity contribution in [1.82, 2.24) is 0 Å². The van der Waals surface area contributed by atoms with Gasteiger partial charge in [0.05, 0.1) is 19.3 Å². The summed E-state index contributed by atoms with van der Waals surface area (Å²) in [6.45, 7) is 1.98. The van der Waals surface area contributed by atoms with Crippen molar-refractivity contribution in [3.63, 3.8) is 0 Å². The second kappa shape index (κ2) is 6.64. The third-order valence-electron chi connectivity index (χ3n) is 2.33. The number of methoxy groups -OCH3 is 1. The molecule has 0 aliphatic rings. The molecule has 5 nitrogen and oxygen atoms in total. The molecule has 0 amide bonds. The summed E-state index contributed by atoms with van der Waals surface area (Å²) < 4.78 is 9.37. The van der Waals surface area contributed by atoms with Gasteiger partial charge < -0.3 is 14.6 Å². The average molecular weight is 252 g/mol. The Labute approximate surface area is 105 Å². The van der Waals surface area contributed by atoms with Crippen molar-refractivity contribution < 1.29 is 24.2 Å². The van der Waals surface area contributed by atoms with Gasteiger partial charge in [-0.1, -0.05) is 0 Å². The number of carbonyl (C=O) groups excluding carboxylic acids is 2. The molecule has 1 aromatic carbocycles. The van der Waals surface area contributed by atoms with Crippen LogP contribution in [0.3, 0.4) is 0 Å². The molecule has 0 atom stereocenters. The Kier molecular flexibility index (Phi) is 5.17. The first-order chi connectivity index (χ1) is 8.56. The van der Waals surface area contributed by atoms with Crippen molar-refractivity contribution in [1.29, 1.82) is 0 Å². The van der Waals surface area contributed by atoms with Crippen LogP contribution in [-0.2, 0) is 20.7 Å². The lowest BCUT2D eigenvalue weighted by Gasteiger charge is -2.06. The first-order valence-corrected chi connectivity index (χ1v) is 5.63. The van der Waals surface area contributed by atoms with Gasteiger partial charge in [0.1, 0.15) is 5.75 Å². The summed E-state index contributed by atoms with van der Waals surface area (Å²) in [5.74, 6) is -0.857. The Morgan fingerprint density at radius 2 is 2.00 bits per heavy atom. The van der Waals surface area contributed by atoms with E-state index in [1.54, 1.807) is 13.0 Å². The minimum Gasteiger partial charge on any atom is -0.508 e. The highest BCUT2D eigenvalue weighted by Crippen LogP contribution is 2.18. The summed E-state index contributed by atoms with van der Waals surface area (Å²) in [4.78, 5) is 22.5. The smallest absolute Gasteiger partial charge is 0.338 e. The van der Waals surface area contributed by atoms with Crippen LogP contribution in [0.2, 0.25) is 0 Å². The molecule has 0 saturated heterocycles. The monoisotopic (exact) mass is 252 g/mol. The Morgan fingerprint density at radius 3 is 2.61 bits per heavy atom. The number of esters is 2. The van der Waals surface area contributed by atoms with E-state index in [0.29, 0.717) is 12.0 Å². The second-order valence-corrected chi connectivity index (χ2v) is 3.68. The first-order valence-electron chi connectivity index (χ1n) is 5.63. The summed E-state index contributed by atoms with van der Waals surface area (Å²) in [7, 11) is 1.31. The molecule has 18 heavy (non-hydrogen) atoms. The van der Waals surface area contributed by atoms with Crippen molar-refractivity contribution in [2.75, 3.05) is 13.7 Å². The highest BCUT2D eigenvalue weighted by Gasteiger charge is 2.10. The molecule has 98 valence electrons. The van der Waals surface area contributed by atoms with Crippen LogP contribution in [0.4, 0.5) is 0 Å². The van der Waals surface area contributed by atoms with Crippen molar-refractivity contribution in [3.8, 4) is 5.75 Å². The van der Waals surface area contributed by atoms with Crippen LogP contribution < -0.4 is 0 Å². The molecule has 0 aliphatic heterocycles. The van der Waals surface area contributed by atoms with E-state index in [-0.39, 0.29) is 30.3 Å². The number of phenolic OH excluding ortho intramolecular Hbond substituents is 1. The van der Waals surface area contributed by atoms with Crippen LogP contribution in [0.25, 0.3) is 0 Å². The van der Waals surface area contributed by atoms with Gasteiger partial charge >= 0.3 is 11.9 Å². The number of ether oxygens (including phenoxy) is 2. The van der Waals surface area contributed by atoms with Crippen LogP contribution in [0, 0.1) is 0 Å². The SMILES string of the molecule is CCOC(=O)c1cc(O)cc(CCC(=O)OC)c1. The number of carbonyl (C=O) groups is 2. The third kappa shape index (κ3) is 4.08. The molecule has 0 fully saturated rings. The van der Waals surface area contributed by atoms with Gasteiger partial charge in [0.2, 0.25) is 0 Å². The minimum atomic E-state index is -0.493. The fourth-order valence-electron chi connectivity index (χ4n) is 1.50. The molecule has 0 unspecified atom stereocenters. The van der Waals surface area contributed by atoms with Gasteiger partial charge in [0.25, 0.3) is 0 Å². The lowest BCUT2D eigenvalue weighted by atomic mass is 10.1. The lowest BCUT2D eigenvalue weighted by molar-refractivity contribution is -0.140. The number of phenols is 1. The van der Waals surface area contributed by atoms with E-state index in [1.165, 1.54) is 19.2 Å². The minimum absolute atomic E-state index is 0.0274. The molecule has 0 bridgehead atoms. The predicted octanol–water partition coefficient (Wildman–Crippen LogP) is 1.67. The van der Waals surface area contributed by atoms with Crippen molar-refractivity contribution in [2.45, 2.75) is 19.8 Å².